The van der Waals surface area contributed by atoms with Crippen molar-refractivity contribution in [2.24, 2.45) is 0 Å². The van der Waals surface area contributed by atoms with Crippen LogP contribution in [0.4, 0.5) is 0 Å². The molecule has 1 saturated heterocycles. The van der Waals surface area contributed by atoms with Crippen molar-refractivity contribution < 1.29 is 9.57 Å². The third-order valence-electron chi connectivity index (χ3n) is 0.780. The molecule has 1 rings (SSSR count). The average Bonchev–Trinajstić information content (AvgIpc) is 1.90. The molecule has 1 aliphatic heterocycles. The maximum Gasteiger partial charge on any atom is 0.0916 e. The van der Waals surface area contributed by atoms with Crippen LogP contribution in [0.25, 0.3) is 0 Å². The first kappa shape index (κ1) is 5.03. The van der Waals surface area contributed by atoms with Crippen molar-refractivity contribution in [2.45, 2.75) is 0 Å². The Morgan fingerprint density at radius 3 is 3.14 bits per heavy atom. The minimum absolute atomic E-state index is 0.667. The van der Waals surface area contributed by atoms with Gasteiger partial charge in [-0.25, -0.2) is 5.48 Å². The Labute approximate surface area is 42.6 Å². The zero-order valence-electron chi connectivity index (χ0n) is 4.14. The van der Waals surface area contributed by atoms with Crippen molar-refractivity contribution >= 4 is 0 Å². The van der Waals surface area contributed by atoms with Gasteiger partial charge in [-0.15, -0.1) is 0 Å². The number of ether oxygens (including phenoxy) is 1. The van der Waals surface area contributed by atoms with Crippen molar-refractivity contribution in [1.82, 2.24) is 5.48 Å². The van der Waals surface area contributed by atoms with E-state index in [0.29, 0.717) is 13.2 Å². The first-order valence-corrected chi connectivity index (χ1v) is 2.42. The number of hydrogen-bond acceptors (Lipinski definition) is 3. The summed E-state index contributed by atoms with van der Waals surface area (Å²) in [5.41, 5.74) is 2.72. The molecular weight excluding hydrogens is 94.0 g/mol. The monoisotopic (exact) mass is 103 g/mol. The lowest BCUT2D eigenvalue weighted by molar-refractivity contribution is 0.0453. The molecule has 0 amide bonds. The average molecular weight is 103 g/mol. The minimum Gasteiger partial charge on any atom is -0.378 e. The van der Waals surface area contributed by atoms with Crippen molar-refractivity contribution in [1.29, 1.82) is 0 Å². The van der Waals surface area contributed by atoms with Crippen LogP contribution in [0.2, 0.25) is 0 Å². The van der Waals surface area contributed by atoms with Crippen molar-refractivity contribution in [3.63, 3.8) is 0 Å². The molecule has 7 heavy (non-hydrogen) atoms. The molecule has 3 heteroatoms. The van der Waals surface area contributed by atoms with Crippen molar-refractivity contribution in [2.75, 3.05) is 26.4 Å². The van der Waals surface area contributed by atoms with Crippen LogP contribution in [-0.2, 0) is 9.57 Å². The lowest BCUT2D eigenvalue weighted by atomic mass is 10.7. The van der Waals surface area contributed by atoms with Gasteiger partial charge in [0.25, 0.3) is 0 Å². The van der Waals surface area contributed by atoms with Gasteiger partial charge in [0.2, 0.25) is 0 Å². The molecule has 0 aromatic rings. The van der Waals surface area contributed by atoms with Crippen LogP contribution in [0.3, 0.4) is 0 Å². The predicted octanol–water partition coefficient (Wildman–Crippen LogP) is -0.462. The van der Waals surface area contributed by atoms with E-state index in [1.54, 1.807) is 0 Å². The Morgan fingerprint density at radius 1 is 1.14 bits per heavy atom. The number of hydrogen-bond donors (Lipinski definition) is 1. The maximum atomic E-state index is 5.01. The van der Waals surface area contributed by atoms with Gasteiger partial charge in [-0.2, -0.15) is 0 Å². The van der Waals surface area contributed by atoms with Gasteiger partial charge in [0, 0.05) is 6.54 Å². The molecule has 0 aliphatic carbocycles. The van der Waals surface area contributed by atoms with Gasteiger partial charge in [-0.1, -0.05) is 0 Å². The third-order valence-corrected chi connectivity index (χ3v) is 0.780. The van der Waals surface area contributed by atoms with Gasteiger partial charge in [-0.05, 0) is 0 Å². The van der Waals surface area contributed by atoms with Gasteiger partial charge >= 0.3 is 0 Å². The Balaban J connectivity index is 2.04. The van der Waals surface area contributed by atoms with E-state index in [1.165, 1.54) is 0 Å². The molecule has 42 valence electrons. The van der Waals surface area contributed by atoms with Gasteiger partial charge in [0.05, 0.1) is 19.8 Å². The van der Waals surface area contributed by atoms with Crippen molar-refractivity contribution in [3.05, 3.63) is 0 Å². The van der Waals surface area contributed by atoms with Crippen molar-refractivity contribution in [3.8, 4) is 0 Å². The van der Waals surface area contributed by atoms with Gasteiger partial charge in [0.15, 0.2) is 0 Å². The van der Waals surface area contributed by atoms with Crippen LogP contribution >= 0.6 is 0 Å². The summed E-state index contributed by atoms with van der Waals surface area (Å²) in [6.45, 7) is 2.95. The van der Waals surface area contributed by atoms with Crippen LogP contribution < -0.4 is 5.48 Å². The zero-order valence-corrected chi connectivity index (χ0v) is 4.14. The molecule has 0 atom stereocenters. The van der Waals surface area contributed by atoms with E-state index in [1.807, 2.05) is 0 Å². The molecule has 0 aromatic heterocycles. The summed E-state index contributed by atoms with van der Waals surface area (Å²) >= 11 is 0. The fraction of sp³-hybridized carbons (Fsp3) is 1.00. The van der Waals surface area contributed by atoms with E-state index >= 15 is 0 Å². The highest BCUT2D eigenvalue weighted by Gasteiger charge is 1.93. The smallest absolute Gasteiger partial charge is 0.0916 e. The first-order chi connectivity index (χ1) is 3.50. The molecule has 0 saturated carbocycles. The van der Waals surface area contributed by atoms with Crippen LogP contribution in [0.1, 0.15) is 0 Å². The summed E-state index contributed by atoms with van der Waals surface area (Å²) in [6.07, 6.45) is 0. The molecule has 3 nitrogen and oxygen atoms in total. The van der Waals surface area contributed by atoms with E-state index in [4.69, 9.17) is 9.57 Å². The normalized spacial score (nSPS) is 24.0. The van der Waals surface area contributed by atoms with Crippen LogP contribution in [0.15, 0.2) is 0 Å². The molecular formula is C4H9NO2. The highest BCUT2D eigenvalue weighted by molar-refractivity contribution is 4.37. The molecule has 0 spiro atoms. The summed E-state index contributed by atoms with van der Waals surface area (Å²) in [5.74, 6) is 0. The second-order valence-electron chi connectivity index (χ2n) is 1.36. The zero-order chi connectivity index (χ0) is 4.95. The Morgan fingerprint density at radius 2 is 2.14 bits per heavy atom. The summed E-state index contributed by atoms with van der Waals surface area (Å²) in [5, 5.41) is 0. The standard InChI is InChI=1S/C4H9NO2/c1-2-6-3-4-7-5-1/h5H,1-4H2. The number of nitrogens with one attached hydrogen (secondary N) is 1. The lowest BCUT2D eigenvalue weighted by Gasteiger charge is -1.92. The Kier molecular flexibility index (Phi) is 2.12. The highest BCUT2D eigenvalue weighted by atomic mass is 16.7. The molecule has 1 heterocycles. The molecule has 0 bridgehead atoms. The minimum atomic E-state index is 0.667. The summed E-state index contributed by atoms with van der Waals surface area (Å²) < 4.78 is 5.01. The fourth-order valence-corrected chi connectivity index (χ4v) is 0.461. The largest absolute Gasteiger partial charge is 0.378 e. The van der Waals surface area contributed by atoms with Gasteiger partial charge in [-0.3, -0.25) is 4.84 Å². The first-order valence-electron chi connectivity index (χ1n) is 2.42. The van der Waals surface area contributed by atoms with E-state index in [9.17, 15) is 0 Å². The third kappa shape index (κ3) is 1.87. The second-order valence-corrected chi connectivity index (χ2v) is 1.36. The lowest BCUT2D eigenvalue weighted by Crippen LogP contribution is -2.15. The van der Waals surface area contributed by atoms with Gasteiger partial charge in [0.1, 0.15) is 0 Å². The molecule has 0 radical (unpaired) electrons. The van der Waals surface area contributed by atoms with E-state index < -0.39 is 0 Å². The summed E-state index contributed by atoms with van der Waals surface area (Å²) in [6, 6.07) is 0. The number of hydroxylamine groups is 1. The van der Waals surface area contributed by atoms with Crippen LogP contribution in [0, 0.1) is 0 Å². The van der Waals surface area contributed by atoms with Gasteiger partial charge < -0.3 is 4.74 Å². The molecule has 0 aromatic carbocycles. The van der Waals surface area contributed by atoms with E-state index in [-0.39, 0.29) is 0 Å². The van der Waals surface area contributed by atoms with E-state index in [0.717, 1.165) is 13.2 Å². The van der Waals surface area contributed by atoms with Crippen LogP contribution in [0.5, 0.6) is 0 Å². The Bertz CT molecular complexity index is 29.3. The SMILES string of the molecule is C1COCCON1. The molecule has 1 aliphatic rings. The second kappa shape index (κ2) is 2.96. The highest BCUT2D eigenvalue weighted by Crippen LogP contribution is 1.79. The summed E-state index contributed by atoms with van der Waals surface area (Å²) in [4.78, 5) is 4.82. The quantitative estimate of drug-likeness (QED) is 0.450. The molecule has 1 fully saturated rings. The fourth-order valence-electron chi connectivity index (χ4n) is 0.461. The molecule has 0 unspecified atom stereocenters. The Hall–Kier alpha value is -0.120. The summed E-state index contributed by atoms with van der Waals surface area (Å²) in [7, 11) is 0. The number of rotatable bonds is 0. The predicted molar refractivity (Wildman–Crippen MR) is 24.8 cm³/mol. The van der Waals surface area contributed by atoms with E-state index in [2.05, 4.69) is 5.48 Å². The topological polar surface area (TPSA) is 30.5 Å². The molecule has 1 N–H and O–H groups in total. The van der Waals surface area contributed by atoms with Crippen LogP contribution in [-0.4, -0.2) is 26.4 Å². The maximum absolute atomic E-state index is 5.01.